The molecule has 3 aromatic rings. The molecule has 0 unspecified atom stereocenters. The highest BCUT2D eigenvalue weighted by Crippen LogP contribution is 2.22. The summed E-state index contributed by atoms with van der Waals surface area (Å²) in [5.74, 6) is 0. The van der Waals surface area contributed by atoms with Crippen LogP contribution in [-0.2, 0) is 0 Å². The molecule has 5 heteroatoms. The van der Waals surface area contributed by atoms with E-state index in [1.54, 1.807) is 30.4 Å². The standard InChI is InChI=1S/C16H10Cl2N2O/c17-11-6-7-12(18)10(9-11)5-8-15-16(21)20-14-4-2-1-3-13(14)19-15/h1-9H,(H,20,21). The van der Waals surface area contributed by atoms with E-state index < -0.39 is 0 Å². The van der Waals surface area contributed by atoms with Crippen molar-refractivity contribution in [3.63, 3.8) is 0 Å². The molecule has 1 N–H and O–H groups in total. The summed E-state index contributed by atoms with van der Waals surface area (Å²) in [5.41, 5.74) is 2.25. The molecule has 0 spiro atoms. The summed E-state index contributed by atoms with van der Waals surface area (Å²) in [7, 11) is 0. The molecule has 1 heterocycles. The minimum atomic E-state index is -0.247. The topological polar surface area (TPSA) is 45.8 Å². The molecule has 0 aliphatic carbocycles. The van der Waals surface area contributed by atoms with E-state index in [-0.39, 0.29) is 5.56 Å². The van der Waals surface area contributed by atoms with Crippen molar-refractivity contribution in [2.75, 3.05) is 0 Å². The Morgan fingerprint density at radius 3 is 2.71 bits per heavy atom. The first-order chi connectivity index (χ1) is 10.1. The van der Waals surface area contributed by atoms with Crippen molar-refractivity contribution in [3.05, 3.63) is 74.1 Å². The number of rotatable bonds is 2. The van der Waals surface area contributed by atoms with Crippen molar-refractivity contribution in [2.45, 2.75) is 0 Å². The van der Waals surface area contributed by atoms with Gasteiger partial charge >= 0.3 is 0 Å². The molecule has 0 bridgehead atoms. The minimum absolute atomic E-state index is 0.247. The molecular formula is C16H10Cl2N2O. The predicted molar refractivity (Wildman–Crippen MR) is 87.8 cm³/mol. The lowest BCUT2D eigenvalue weighted by molar-refractivity contribution is 1.19. The van der Waals surface area contributed by atoms with Gasteiger partial charge in [-0.1, -0.05) is 41.4 Å². The van der Waals surface area contributed by atoms with Crippen molar-refractivity contribution >= 4 is 46.4 Å². The van der Waals surface area contributed by atoms with Crippen LogP contribution in [0.15, 0.2) is 47.3 Å². The Kier molecular flexibility index (Phi) is 3.78. The lowest BCUT2D eigenvalue weighted by atomic mass is 10.2. The molecule has 0 amide bonds. The van der Waals surface area contributed by atoms with Crippen molar-refractivity contribution in [1.82, 2.24) is 9.97 Å². The SMILES string of the molecule is O=c1[nH]c2ccccc2nc1C=Cc1cc(Cl)ccc1Cl. The maximum absolute atomic E-state index is 12.0. The van der Waals surface area contributed by atoms with Crippen molar-refractivity contribution < 1.29 is 0 Å². The van der Waals surface area contributed by atoms with E-state index in [9.17, 15) is 4.79 Å². The van der Waals surface area contributed by atoms with Gasteiger partial charge in [0.25, 0.3) is 5.56 Å². The highest BCUT2D eigenvalue weighted by molar-refractivity contribution is 6.34. The Bertz CT molecular complexity index is 900. The van der Waals surface area contributed by atoms with Gasteiger partial charge in [-0.2, -0.15) is 0 Å². The van der Waals surface area contributed by atoms with Gasteiger partial charge in [0, 0.05) is 10.0 Å². The Morgan fingerprint density at radius 2 is 1.86 bits per heavy atom. The predicted octanol–water partition coefficient (Wildman–Crippen LogP) is 4.40. The van der Waals surface area contributed by atoms with E-state index in [1.807, 2.05) is 24.3 Å². The molecule has 3 nitrogen and oxygen atoms in total. The van der Waals surface area contributed by atoms with Gasteiger partial charge < -0.3 is 4.98 Å². The highest BCUT2D eigenvalue weighted by atomic mass is 35.5. The van der Waals surface area contributed by atoms with Gasteiger partial charge in [-0.3, -0.25) is 4.79 Å². The average Bonchev–Trinajstić information content (AvgIpc) is 2.48. The number of nitrogens with zero attached hydrogens (tertiary/aromatic N) is 1. The maximum Gasteiger partial charge on any atom is 0.274 e. The second kappa shape index (κ2) is 5.72. The molecule has 2 aromatic carbocycles. The quantitative estimate of drug-likeness (QED) is 0.761. The van der Waals surface area contributed by atoms with Gasteiger partial charge in [-0.25, -0.2) is 4.98 Å². The molecule has 0 saturated carbocycles. The lowest BCUT2D eigenvalue weighted by Crippen LogP contribution is -2.11. The van der Waals surface area contributed by atoms with E-state index >= 15 is 0 Å². The molecule has 0 aliphatic rings. The Labute approximate surface area is 130 Å². The van der Waals surface area contributed by atoms with Crippen LogP contribution >= 0.6 is 23.2 Å². The Balaban J connectivity index is 2.05. The lowest BCUT2D eigenvalue weighted by Gasteiger charge is -2.00. The largest absolute Gasteiger partial charge is 0.319 e. The summed E-state index contributed by atoms with van der Waals surface area (Å²) in [6, 6.07) is 12.5. The first-order valence-corrected chi connectivity index (χ1v) is 7.01. The third-order valence-electron chi connectivity index (χ3n) is 3.00. The number of hydrogen-bond donors (Lipinski definition) is 1. The van der Waals surface area contributed by atoms with Crippen LogP contribution in [0.4, 0.5) is 0 Å². The third kappa shape index (κ3) is 2.99. The fourth-order valence-electron chi connectivity index (χ4n) is 1.97. The second-order valence-corrected chi connectivity index (χ2v) is 5.31. The Hall–Kier alpha value is -2.10. The fourth-order valence-corrected chi connectivity index (χ4v) is 2.33. The van der Waals surface area contributed by atoms with E-state index in [0.717, 1.165) is 11.1 Å². The van der Waals surface area contributed by atoms with E-state index in [0.29, 0.717) is 21.3 Å². The third-order valence-corrected chi connectivity index (χ3v) is 3.58. The summed E-state index contributed by atoms with van der Waals surface area (Å²) in [6.45, 7) is 0. The zero-order chi connectivity index (χ0) is 14.8. The van der Waals surface area contributed by atoms with Gasteiger partial charge in [0.05, 0.1) is 11.0 Å². The van der Waals surface area contributed by atoms with Crippen LogP contribution in [0.25, 0.3) is 23.2 Å². The number of benzene rings is 2. The smallest absolute Gasteiger partial charge is 0.274 e. The second-order valence-electron chi connectivity index (χ2n) is 4.47. The van der Waals surface area contributed by atoms with Crippen LogP contribution in [-0.4, -0.2) is 9.97 Å². The molecule has 1 aromatic heterocycles. The number of aromatic nitrogens is 2. The van der Waals surface area contributed by atoms with E-state index in [4.69, 9.17) is 23.2 Å². The zero-order valence-electron chi connectivity index (χ0n) is 10.8. The number of para-hydroxylation sites is 2. The summed E-state index contributed by atoms with van der Waals surface area (Å²) >= 11 is 12.0. The van der Waals surface area contributed by atoms with Gasteiger partial charge in [-0.15, -0.1) is 0 Å². The van der Waals surface area contributed by atoms with E-state index in [2.05, 4.69) is 9.97 Å². The van der Waals surface area contributed by atoms with Gasteiger partial charge in [-0.05, 0) is 42.0 Å². The molecule has 0 fully saturated rings. The van der Waals surface area contributed by atoms with Crippen LogP contribution in [0.3, 0.4) is 0 Å². The molecule has 104 valence electrons. The van der Waals surface area contributed by atoms with Crippen LogP contribution in [0.2, 0.25) is 10.0 Å². The highest BCUT2D eigenvalue weighted by Gasteiger charge is 2.02. The number of halogens is 2. The Morgan fingerprint density at radius 1 is 1.05 bits per heavy atom. The maximum atomic E-state index is 12.0. The number of aromatic amines is 1. The van der Waals surface area contributed by atoms with Crippen molar-refractivity contribution in [2.24, 2.45) is 0 Å². The zero-order valence-corrected chi connectivity index (χ0v) is 12.3. The summed E-state index contributed by atoms with van der Waals surface area (Å²) in [4.78, 5) is 19.1. The molecule has 0 atom stereocenters. The monoisotopic (exact) mass is 316 g/mol. The molecular weight excluding hydrogens is 307 g/mol. The van der Waals surface area contributed by atoms with Crippen LogP contribution in [0, 0.1) is 0 Å². The van der Waals surface area contributed by atoms with Gasteiger partial charge in [0.1, 0.15) is 5.69 Å². The van der Waals surface area contributed by atoms with Crippen molar-refractivity contribution in [1.29, 1.82) is 0 Å². The summed E-state index contributed by atoms with van der Waals surface area (Å²) in [6.07, 6.45) is 3.35. The average molecular weight is 317 g/mol. The normalized spacial score (nSPS) is 11.3. The van der Waals surface area contributed by atoms with Crippen LogP contribution in [0.1, 0.15) is 11.3 Å². The van der Waals surface area contributed by atoms with Crippen LogP contribution in [0.5, 0.6) is 0 Å². The summed E-state index contributed by atoms with van der Waals surface area (Å²) < 4.78 is 0. The van der Waals surface area contributed by atoms with Crippen LogP contribution < -0.4 is 5.56 Å². The van der Waals surface area contributed by atoms with Crippen molar-refractivity contribution in [3.8, 4) is 0 Å². The molecule has 3 rings (SSSR count). The number of nitrogens with one attached hydrogen (secondary N) is 1. The minimum Gasteiger partial charge on any atom is -0.319 e. The fraction of sp³-hybridized carbons (Fsp3) is 0. The van der Waals surface area contributed by atoms with Gasteiger partial charge in [0.15, 0.2) is 0 Å². The molecule has 0 saturated heterocycles. The summed E-state index contributed by atoms with van der Waals surface area (Å²) in [5, 5.41) is 1.15. The number of fused-ring (bicyclic) bond motifs is 1. The van der Waals surface area contributed by atoms with Gasteiger partial charge in [0.2, 0.25) is 0 Å². The molecule has 21 heavy (non-hydrogen) atoms. The van der Waals surface area contributed by atoms with E-state index in [1.165, 1.54) is 0 Å². The first-order valence-electron chi connectivity index (χ1n) is 6.26. The first kappa shape index (κ1) is 13.9. The molecule has 0 radical (unpaired) electrons. The number of H-pyrrole nitrogens is 1. The number of hydrogen-bond acceptors (Lipinski definition) is 2. The molecule has 0 aliphatic heterocycles.